The lowest BCUT2D eigenvalue weighted by Crippen LogP contribution is -2.08. The number of fused-ring (bicyclic) bond motifs is 1. The van der Waals surface area contributed by atoms with E-state index in [1.165, 1.54) is 30.4 Å². The summed E-state index contributed by atoms with van der Waals surface area (Å²) in [4.78, 5) is 0. The molecule has 0 N–H and O–H groups in total. The van der Waals surface area contributed by atoms with Gasteiger partial charge in [0.2, 0.25) is 0 Å². The van der Waals surface area contributed by atoms with Gasteiger partial charge in [0.15, 0.2) is 11.0 Å². The van der Waals surface area contributed by atoms with Crippen molar-refractivity contribution in [2.75, 3.05) is 0 Å². The van der Waals surface area contributed by atoms with Crippen LogP contribution in [0.3, 0.4) is 0 Å². The Bertz CT molecular complexity index is 1010. The van der Waals surface area contributed by atoms with Crippen LogP contribution in [-0.2, 0) is 31.7 Å². The largest absolute Gasteiger partial charge is 0.486 e. The van der Waals surface area contributed by atoms with Gasteiger partial charge in [-0.25, -0.2) is 0 Å². The van der Waals surface area contributed by atoms with E-state index in [0.717, 1.165) is 35.3 Å². The third-order valence-electron chi connectivity index (χ3n) is 5.17. The van der Waals surface area contributed by atoms with Crippen molar-refractivity contribution in [1.82, 2.24) is 14.8 Å². The monoisotopic (exact) mass is 447 g/mol. The van der Waals surface area contributed by atoms with E-state index >= 15 is 0 Å². The lowest BCUT2D eigenvalue weighted by Gasteiger charge is -2.16. The molecule has 1 aromatic heterocycles. The summed E-state index contributed by atoms with van der Waals surface area (Å²) in [5.74, 6) is 2.44. The Labute approximate surface area is 185 Å². The molecular weight excluding hydrogens is 425 g/mol. The maximum absolute atomic E-state index is 6.28. The van der Waals surface area contributed by atoms with E-state index in [1.807, 2.05) is 12.1 Å². The number of hydrogen-bond donors (Lipinski definition) is 0. The van der Waals surface area contributed by atoms with Crippen molar-refractivity contribution in [1.29, 1.82) is 0 Å². The maximum Gasteiger partial charge on any atom is 0.191 e. The maximum atomic E-state index is 6.28. The molecule has 0 aliphatic heterocycles. The van der Waals surface area contributed by atoms with Crippen molar-refractivity contribution in [2.24, 2.45) is 0 Å². The Morgan fingerprint density at radius 3 is 2.66 bits per heavy atom. The van der Waals surface area contributed by atoms with Gasteiger partial charge in [0.05, 0.1) is 0 Å². The third kappa shape index (κ3) is 4.90. The van der Waals surface area contributed by atoms with Gasteiger partial charge in [0.25, 0.3) is 0 Å². The van der Waals surface area contributed by atoms with Crippen molar-refractivity contribution >= 4 is 35.0 Å². The fourth-order valence-electron chi connectivity index (χ4n) is 3.58. The summed E-state index contributed by atoms with van der Waals surface area (Å²) in [5, 5.41) is 10.9. The number of halogens is 2. The van der Waals surface area contributed by atoms with Gasteiger partial charge in [-0.1, -0.05) is 47.1 Å². The molecule has 0 amide bonds. The lowest BCUT2D eigenvalue weighted by atomic mass is 9.92. The molecule has 0 saturated carbocycles. The fourth-order valence-corrected chi connectivity index (χ4v) is 5.16. The standard InChI is InChI=1S/C22H23Cl2N3OS/c1-2-27-21(13-28-19-10-8-15-5-3-4-6-16(15)11-19)25-26-22(27)29-14-17-7-9-18(23)12-20(17)24/h7-12H,2-6,13-14H2,1H3. The van der Waals surface area contributed by atoms with Crippen molar-refractivity contribution in [2.45, 2.75) is 56.7 Å². The molecule has 0 radical (unpaired) electrons. The molecule has 0 atom stereocenters. The van der Waals surface area contributed by atoms with E-state index in [1.54, 1.807) is 17.8 Å². The molecule has 3 aromatic rings. The molecule has 0 spiro atoms. The SMILES string of the molecule is CCn1c(COc2ccc3c(c2)CCCC3)nnc1SCc1ccc(Cl)cc1Cl. The average Bonchev–Trinajstić information content (AvgIpc) is 3.13. The summed E-state index contributed by atoms with van der Waals surface area (Å²) in [7, 11) is 0. The summed E-state index contributed by atoms with van der Waals surface area (Å²) in [5.41, 5.74) is 3.90. The first-order valence-electron chi connectivity index (χ1n) is 9.87. The van der Waals surface area contributed by atoms with E-state index in [2.05, 4.69) is 39.9 Å². The molecule has 29 heavy (non-hydrogen) atoms. The summed E-state index contributed by atoms with van der Waals surface area (Å²) in [6.07, 6.45) is 4.87. The first-order chi connectivity index (χ1) is 14.1. The molecule has 7 heteroatoms. The van der Waals surface area contributed by atoms with Gasteiger partial charge in [0.1, 0.15) is 12.4 Å². The zero-order valence-corrected chi connectivity index (χ0v) is 18.7. The number of hydrogen-bond acceptors (Lipinski definition) is 4. The molecule has 0 saturated heterocycles. The molecule has 4 nitrogen and oxygen atoms in total. The lowest BCUT2D eigenvalue weighted by molar-refractivity contribution is 0.287. The van der Waals surface area contributed by atoms with Crippen LogP contribution in [0.25, 0.3) is 0 Å². The number of benzene rings is 2. The van der Waals surface area contributed by atoms with Gasteiger partial charge in [-0.2, -0.15) is 0 Å². The Balaban J connectivity index is 1.42. The van der Waals surface area contributed by atoms with Crippen molar-refractivity contribution < 1.29 is 4.74 Å². The number of rotatable bonds is 7. The number of nitrogens with zero attached hydrogens (tertiary/aromatic N) is 3. The summed E-state index contributed by atoms with van der Waals surface area (Å²) < 4.78 is 8.13. The van der Waals surface area contributed by atoms with E-state index < -0.39 is 0 Å². The molecule has 0 unspecified atom stereocenters. The zero-order chi connectivity index (χ0) is 20.2. The summed E-state index contributed by atoms with van der Waals surface area (Å²) in [6.45, 7) is 3.28. The quantitative estimate of drug-likeness (QED) is 0.395. The van der Waals surface area contributed by atoms with Crippen molar-refractivity contribution in [3.05, 3.63) is 69.0 Å². The van der Waals surface area contributed by atoms with E-state index in [9.17, 15) is 0 Å². The molecule has 1 heterocycles. The van der Waals surface area contributed by atoms with Crippen LogP contribution < -0.4 is 4.74 Å². The van der Waals surface area contributed by atoms with Crippen LogP contribution in [0.4, 0.5) is 0 Å². The Kier molecular flexibility index (Phi) is 6.68. The van der Waals surface area contributed by atoms with Crippen LogP contribution in [0, 0.1) is 0 Å². The topological polar surface area (TPSA) is 39.9 Å². The van der Waals surface area contributed by atoms with Crippen LogP contribution in [0.5, 0.6) is 5.75 Å². The number of aromatic nitrogens is 3. The predicted octanol–water partition coefficient (Wildman–Crippen LogP) is 6.35. The van der Waals surface area contributed by atoms with Gasteiger partial charge >= 0.3 is 0 Å². The average molecular weight is 448 g/mol. The van der Waals surface area contributed by atoms with Gasteiger partial charge in [-0.15, -0.1) is 10.2 Å². The highest BCUT2D eigenvalue weighted by Crippen LogP contribution is 2.29. The molecule has 152 valence electrons. The molecule has 1 aliphatic rings. The minimum atomic E-state index is 0.405. The van der Waals surface area contributed by atoms with E-state index in [4.69, 9.17) is 27.9 Å². The highest BCUT2D eigenvalue weighted by Gasteiger charge is 2.14. The van der Waals surface area contributed by atoms with Crippen LogP contribution in [0.2, 0.25) is 10.0 Å². The smallest absolute Gasteiger partial charge is 0.191 e. The molecule has 4 rings (SSSR count). The second-order valence-electron chi connectivity index (χ2n) is 7.09. The molecule has 0 fully saturated rings. The van der Waals surface area contributed by atoms with E-state index in [-0.39, 0.29) is 0 Å². The zero-order valence-electron chi connectivity index (χ0n) is 16.3. The van der Waals surface area contributed by atoms with Crippen molar-refractivity contribution in [3.8, 4) is 5.75 Å². The van der Waals surface area contributed by atoms with Gasteiger partial charge in [-0.05, 0) is 73.6 Å². The van der Waals surface area contributed by atoms with Crippen LogP contribution in [-0.4, -0.2) is 14.8 Å². The first-order valence-corrected chi connectivity index (χ1v) is 11.6. The van der Waals surface area contributed by atoms with Gasteiger partial charge < -0.3 is 9.30 Å². The molecule has 2 aromatic carbocycles. The highest BCUT2D eigenvalue weighted by atomic mass is 35.5. The first kappa shape index (κ1) is 20.6. The van der Waals surface area contributed by atoms with Crippen LogP contribution in [0.1, 0.15) is 42.3 Å². The van der Waals surface area contributed by atoms with Crippen LogP contribution >= 0.6 is 35.0 Å². The summed E-state index contributed by atoms with van der Waals surface area (Å²) >= 11 is 13.9. The fraction of sp³-hybridized carbons (Fsp3) is 0.364. The minimum Gasteiger partial charge on any atom is -0.486 e. The molecule has 0 bridgehead atoms. The second-order valence-corrected chi connectivity index (χ2v) is 8.88. The Morgan fingerprint density at radius 1 is 1.03 bits per heavy atom. The highest BCUT2D eigenvalue weighted by molar-refractivity contribution is 7.98. The summed E-state index contributed by atoms with van der Waals surface area (Å²) in [6, 6.07) is 12.0. The van der Waals surface area contributed by atoms with Crippen molar-refractivity contribution in [3.63, 3.8) is 0 Å². The molecular formula is C22H23Cl2N3OS. The number of ether oxygens (including phenoxy) is 1. The van der Waals surface area contributed by atoms with E-state index in [0.29, 0.717) is 22.4 Å². The second kappa shape index (κ2) is 9.41. The van der Waals surface area contributed by atoms with Gasteiger partial charge in [0, 0.05) is 22.3 Å². The molecule has 1 aliphatic carbocycles. The number of aryl methyl sites for hydroxylation is 2. The van der Waals surface area contributed by atoms with Gasteiger partial charge in [-0.3, -0.25) is 0 Å². The Morgan fingerprint density at radius 2 is 1.86 bits per heavy atom. The normalized spacial score (nSPS) is 13.3. The predicted molar refractivity (Wildman–Crippen MR) is 119 cm³/mol. The number of thioether (sulfide) groups is 1. The van der Waals surface area contributed by atoms with Crippen LogP contribution in [0.15, 0.2) is 41.6 Å². The third-order valence-corrected chi connectivity index (χ3v) is 6.77. The minimum absolute atomic E-state index is 0.405. The Hall–Kier alpha value is -1.69.